The van der Waals surface area contributed by atoms with Crippen molar-refractivity contribution in [2.75, 3.05) is 12.3 Å². The van der Waals surface area contributed by atoms with E-state index in [-0.39, 0.29) is 5.69 Å². The lowest BCUT2D eigenvalue weighted by atomic mass is 10.3. The lowest BCUT2D eigenvalue weighted by Crippen LogP contribution is -2.06. The average Bonchev–Trinajstić information content (AvgIpc) is 2.70. The highest BCUT2D eigenvalue weighted by atomic mass is 19.1. The topological polar surface area (TPSA) is 53.1 Å². The highest BCUT2D eigenvalue weighted by molar-refractivity contribution is 5.43. The molecule has 0 bridgehead atoms. The number of aromatic nitrogens is 2. The molecule has 1 aromatic carbocycles. The molecule has 2 N–H and O–H groups in total. The molecule has 0 radical (unpaired) electrons. The number of nitrogen functional groups attached to an aromatic ring is 1. The molecule has 0 saturated heterocycles. The lowest BCUT2D eigenvalue weighted by Gasteiger charge is -2.07. The molecule has 0 unspecified atom stereocenters. The number of hydrogen-bond acceptors (Lipinski definition) is 3. The van der Waals surface area contributed by atoms with Crippen molar-refractivity contribution >= 4 is 5.69 Å². The van der Waals surface area contributed by atoms with Crippen molar-refractivity contribution in [2.45, 2.75) is 6.42 Å². The molecule has 1 aromatic heterocycles. The first-order valence-corrected chi connectivity index (χ1v) is 5.31. The Morgan fingerprint density at radius 1 is 1.47 bits per heavy atom. The summed E-state index contributed by atoms with van der Waals surface area (Å²) in [6.07, 6.45) is 4.28. The predicted octanol–water partition coefficient (Wildman–Crippen LogP) is 1.76. The Kier molecular flexibility index (Phi) is 3.27. The van der Waals surface area contributed by atoms with Crippen LogP contribution in [0.15, 0.2) is 30.6 Å². The third kappa shape index (κ3) is 2.75. The van der Waals surface area contributed by atoms with E-state index in [4.69, 9.17) is 10.5 Å². The van der Waals surface area contributed by atoms with Gasteiger partial charge in [0.2, 0.25) is 0 Å². The van der Waals surface area contributed by atoms with Gasteiger partial charge in [-0.1, -0.05) is 0 Å². The molecule has 17 heavy (non-hydrogen) atoms. The van der Waals surface area contributed by atoms with E-state index in [1.165, 1.54) is 12.1 Å². The lowest BCUT2D eigenvalue weighted by molar-refractivity contribution is 0.316. The number of aryl methyl sites for hydroxylation is 1. The van der Waals surface area contributed by atoms with Gasteiger partial charge in [-0.25, -0.2) is 9.37 Å². The third-order valence-electron chi connectivity index (χ3n) is 2.49. The van der Waals surface area contributed by atoms with E-state index in [1.807, 2.05) is 17.8 Å². The first-order valence-electron chi connectivity index (χ1n) is 5.31. The zero-order valence-corrected chi connectivity index (χ0v) is 9.56. The van der Waals surface area contributed by atoms with Crippen molar-refractivity contribution in [1.29, 1.82) is 0 Å². The van der Waals surface area contributed by atoms with E-state index in [0.717, 1.165) is 5.82 Å². The van der Waals surface area contributed by atoms with E-state index in [2.05, 4.69) is 4.98 Å². The van der Waals surface area contributed by atoms with Gasteiger partial charge in [0.25, 0.3) is 0 Å². The SMILES string of the molecule is Cn1ccnc1CCOc1ccc(N)c(F)c1. The molecule has 0 amide bonds. The summed E-state index contributed by atoms with van der Waals surface area (Å²) in [5.41, 5.74) is 5.50. The summed E-state index contributed by atoms with van der Waals surface area (Å²) < 4.78 is 20.5. The maximum atomic E-state index is 13.1. The second kappa shape index (κ2) is 4.86. The van der Waals surface area contributed by atoms with E-state index < -0.39 is 5.82 Å². The van der Waals surface area contributed by atoms with Crippen molar-refractivity contribution in [2.24, 2.45) is 7.05 Å². The smallest absolute Gasteiger partial charge is 0.149 e. The van der Waals surface area contributed by atoms with Crippen LogP contribution in [0.25, 0.3) is 0 Å². The van der Waals surface area contributed by atoms with Gasteiger partial charge in [-0.2, -0.15) is 0 Å². The molecule has 90 valence electrons. The van der Waals surface area contributed by atoms with E-state index >= 15 is 0 Å². The van der Waals surface area contributed by atoms with Crippen molar-refractivity contribution in [3.05, 3.63) is 42.2 Å². The second-order valence-corrected chi connectivity index (χ2v) is 3.74. The molecule has 0 aliphatic carbocycles. The zero-order valence-electron chi connectivity index (χ0n) is 9.56. The largest absolute Gasteiger partial charge is 0.493 e. The third-order valence-corrected chi connectivity index (χ3v) is 2.49. The molecule has 0 spiro atoms. The monoisotopic (exact) mass is 235 g/mol. The summed E-state index contributed by atoms with van der Waals surface area (Å²) in [6, 6.07) is 4.43. The van der Waals surface area contributed by atoms with Gasteiger partial charge in [-0.3, -0.25) is 0 Å². The van der Waals surface area contributed by atoms with Crippen LogP contribution in [0.3, 0.4) is 0 Å². The zero-order chi connectivity index (χ0) is 12.3. The summed E-state index contributed by atoms with van der Waals surface area (Å²) in [7, 11) is 1.92. The molecule has 2 aromatic rings. The standard InChI is InChI=1S/C12H14FN3O/c1-16-6-5-15-12(16)4-7-17-9-2-3-11(14)10(13)8-9/h2-3,5-6,8H,4,7,14H2,1H3. The van der Waals surface area contributed by atoms with Crippen molar-refractivity contribution in [3.63, 3.8) is 0 Å². The number of halogens is 1. The molecular formula is C12H14FN3O. The van der Waals surface area contributed by atoms with Crippen LogP contribution in [0, 0.1) is 5.82 Å². The first-order chi connectivity index (χ1) is 8.16. The Morgan fingerprint density at radius 3 is 2.94 bits per heavy atom. The molecule has 0 saturated carbocycles. The Bertz CT molecular complexity index is 510. The number of hydrogen-bond donors (Lipinski definition) is 1. The molecule has 0 fully saturated rings. The van der Waals surface area contributed by atoms with Crippen LogP contribution in [-0.2, 0) is 13.5 Å². The number of ether oxygens (including phenoxy) is 1. The Hall–Kier alpha value is -2.04. The van der Waals surface area contributed by atoms with Crippen LogP contribution in [0.1, 0.15) is 5.82 Å². The molecule has 4 nitrogen and oxygen atoms in total. The first kappa shape index (κ1) is 11.4. The minimum atomic E-state index is -0.459. The number of anilines is 1. The fraction of sp³-hybridized carbons (Fsp3) is 0.250. The molecule has 5 heteroatoms. The highest BCUT2D eigenvalue weighted by Gasteiger charge is 2.02. The van der Waals surface area contributed by atoms with Gasteiger partial charge in [0.05, 0.1) is 12.3 Å². The summed E-state index contributed by atoms with van der Waals surface area (Å²) in [4.78, 5) is 4.17. The molecular weight excluding hydrogens is 221 g/mol. The minimum Gasteiger partial charge on any atom is -0.493 e. The van der Waals surface area contributed by atoms with Crippen LogP contribution in [0.5, 0.6) is 5.75 Å². The normalized spacial score (nSPS) is 10.5. The molecule has 0 aliphatic rings. The van der Waals surface area contributed by atoms with E-state index in [0.29, 0.717) is 18.8 Å². The quantitative estimate of drug-likeness (QED) is 0.821. The van der Waals surface area contributed by atoms with Gasteiger partial charge in [-0.15, -0.1) is 0 Å². The number of benzene rings is 1. The molecule has 2 rings (SSSR count). The number of nitrogens with two attached hydrogens (primary N) is 1. The van der Waals surface area contributed by atoms with E-state index in [9.17, 15) is 4.39 Å². The predicted molar refractivity (Wildman–Crippen MR) is 63.2 cm³/mol. The number of rotatable bonds is 4. The van der Waals surface area contributed by atoms with E-state index in [1.54, 1.807) is 12.3 Å². The van der Waals surface area contributed by atoms with Crippen LogP contribution in [0.4, 0.5) is 10.1 Å². The van der Waals surface area contributed by atoms with Crippen molar-refractivity contribution in [3.8, 4) is 5.75 Å². The molecule has 1 heterocycles. The summed E-state index contributed by atoms with van der Waals surface area (Å²) in [6.45, 7) is 0.453. The Labute approximate surface area is 98.8 Å². The maximum Gasteiger partial charge on any atom is 0.149 e. The minimum absolute atomic E-state index is 0.126. The number of nitrogens with zero attached hydrogens (tertiary/aromatic N) is 2. The highest BCUT2D eigenvalue weighted by Crippen LogP contribution is 2.17. The molecule has 0 aliphatic heterocycles. The van der Waals surface area contributed by atoms with Gasteiger partial charge in [0.1, 0.15) is 17.4 Å². The average molecular weight is 235 g/mol. The Balaban J connectivity index is 1.90. The fourth-order valence-electron chi connectivity index (χ4n) is 1.50. The van der Waals surface area contributed by atoms with Gasteiger partial charge >= 0.3 is 0 Å². The summed E-state index contributed by atoms with van der Waals surface area (Å²) in [5, 5.41) is 0. The van der Waals surface area contributed by atoms with Crippen LogP contribution >= 0.6 is 0 Å². The second-order valence-electron chi connectivity index (χ2n) is 3.74. The van der Waals surface area contributed by atoms with Crippen LogP contribution in [-0.4, -0.2) is 16.2 Å². The van der Waals surface area contributed by atoms with Crippen LogP contribution < -0.4 is 10.5 Å². The van der Waals surface area contributed by atoms with Gasteiger partial charge in [-0.05, 0) is 12.1 Å². The van der Waals surface area contributed by atoms with Crippen molar-refractivity contribution < 1.29 is 9.13 Å². The van der Waals surface area contributed by atoms with Gasteiger partial charge in [0, 0.05) is 31.9 Å². The van der Waals surface area contributed by atoms with Gasteiger partial charge in [0.15, 0.2) is 0 Å². The molecule has 0 atom stereocenters. The number of imidazole rings is 1. The summed E-state index contributed by atoms with van der Waals surface area (Å²) >= 11 is 0. The summed E-state index contributed by atoms with van der Waals surface area (Å²) in [5.74, 6) is 0.950. The fourth-order valence-corrected chi connectivity index (χ4v) is 1.50. The van der Waals surface area contributed by atoms with Gasteiger partial charge < -0.3 is 15.0 Å². The Morgan fingerprint density at radius 2 is 2.29 bits per heavy atom. The van der Waals surface area contributed by atoms with Crippen molar-refractivity contribution in [1.82, 2.24) is 9.55 Å². The van der Waals surface area contributed by atoms with Crippen LogP contribution in [0.2, 0.25) is 0 Å². The maximum absolute atomic E-state index is 13.1.